The van der Waals surface area contributed by atoms with Crippen molar-refractivity contribution in [1.29, 1.82) is 0 Å². The van der Waals surface area contributed by atoms with Gasteiger partial charge in [0.15, 0.2) is 0 Å². The second-order valence-electron chi connectivity index (χ2n) is 9.91. The summed E-state index contributed by atoms with van der Waals surface area (Å²) < 4.78 is 0. The average Bonchev–Trinajstić information content (AvgIpc) is 2.65. The molecule has 3 rings (SSSR count). The number of aliphatic hydroxyl groups excluding tert-OH is 1. The molecular weight excluding hydrogens is 352 g/mol. The van der Waals surface area contributed by atoms with Gasteiger partial charge in [0.1, 0.15) is 5.78 Å². The molecule has 6 nitrogen and oxygen atoms in total. The molecule has 0 radical (unpaired) electrons. The van der Waals surface area contributed by atoms with E-state index in [0.29, 0.717) is 17.6 Å². The molecule has 0 heterocycles. The van der Waals surface area contributed by atoms with E-state index in [9.17, 15) is 9.90 Å². The Hall–Kier alpha value is -1.43. The number of aliphatic hydroxyl groups is 1. The van der Waals surface area contributed by atoms with E-state index in [1.165, 1.54) is 0 Å². The van der Waals surface area contributed by atoms with Crippen LogP contribution in [0, 0.1) is 34.5 Å². The van der Waals surface area contributed by atoms with Crippen LogP contribution in [0.3, 0.4) is 0 Å². The fourth-order valence-corrected chi connectivity index (χ4v) is 6.79. The molecule has 0 amide bonds. The molecule has 3 aliphatic carbocycles. The van der Waals surface area contributed by atoms with Crippen molar-refractivity contribution in [2.24, 2.45) is 56.2 Å². The summed E-state index contributed by atoms with van der Waals surface area (Å²) in [5.74, 6) is 1.92. The molecule has 3 aliphatic rings. The minimum absolute atomic E-state index is 0.0466. The molecule has 0 spiro atoms. The maximum absolute atomic E-state index is 13.7. The van der Waals surface area contributed by atoms with Crippen molar-refractivity contribution in [3.05, 3.63) is 0 Å². The molecule has 0 aromatic heterocycles. The number of carbonyl (C=O) groups excluding carboxylic acids is 1. The van der Waals surface area contributed by atoms with Gasteiger partial charge in [0.05, 0.1) is 6.10 Å². The Bertz CT molecular complexity index is 644. The van der Waals surface area contributed by atoms with E-state index >= 15 is 0 Å². The van der Waals surface area contributed by atoms with Gasteiger partial charge in [-0.25, -0.2) is 0 Å². The summed E-state index contributed by atoms with van der Waals surface area (Å²) >= 11 is 0. The SMILES string of the molecule is CC[C@H](C/C=N\N=C(N)N)[C@@]1(C)CC[C@H]2[C@@H](CC[C@@H]3C[C@@H](O)CC[C@@]32C)C1=O. The van der Waals surface area contributed by atoms with Gasteiger partial charge in [-0.2, -0.15) is 5.10 Å². The Balaban J connectivity index is 1.76. The van der Waals surface area contributed by atoms with Crippen molar-refractivity contribution in [2.45, 2.75) is 84.7 Å². The van der Waals surface area contributed by atoms with Gasteiger partial charge in [0, 0.05) is 17.5 Å². The Labute approximate surface area is 169 Å². The molecule has 158 valence electrons. The molecule has 28 heavy (non-hydrogen) atoms. The minimum Gasteiger partial charge on any atom is -0.393 e. The lowest BCUT2D eigenvalue weighted by atomic mass is 9.46. The van der Waals surface area contributed by atoms with Crippen molar-refractivity contribution in [3.8, 4) is 0 Å². The highest BCUT2D eigenvalue weighted by Crippen LogP contribution is 2.61. The summed E-state index contributed by atoms with van der Waals surface area (Å²) in [7, 11) is 0. The van der Waals surface area contributed by atoms with Crippen LogP contribution in [-0.4, -0.2) is 29.2 Å². The number of Topliss-reactive ketones (excluding diaryl/α,β-unsaturated/α-hetero) is 1. The second kappa shape index (κ2) is 8.13. The molecule has 3 fully saturated rings. The number of rotatable bonds is 5. The van der Waals surface area contributed by atoms with Crippen molar-refractivity contribution < 1.29 is 9.90 Å². The molecule has 5 N–H and O–H groups in total. The van der Waals surface area contributed by atoms with Crippen LogP contribution in [0.2, 0.25) is 0 Å². The van der Waals surface area contributed by atoms with E-state index in [-0.39, 0.29) is 34.7 Å². The van der Waals surface area contributed by atoms with E-state index in [1.54, 1.807) is 6.21 Å². The van der Waals surface area contributed by atoms with Gasteiger partial charge in [-0.1, -0.05) is 27.2 Å². The highest BCUT2D eigenvalue weighted by Gasteiger charge is 2.57. The molecule has 0 saturated heterocycles. The third-order valence-electron chi connectivity index (χ3n) is 8.58. The molecule has 7 atom stereocenters. The van der Waals surface area contributed by atoms with Crippen molar-refractivity contribution in [3.63, 3.8) is 0 Å². The van der Waals surface area contributed by atoms with Gasteiger partial charge in [-0.3, -0.25) is 4.79 Å². The van der Waals surface area contributed by atoms with Crippen LogP contribution in [-0.2, 0) is 4.79 Å². The maximum atomic E-state index is 13.7. The van der Waals surface area contributed by atoms with Crippen molar-refractivity contribution >= 4 is 18.0 Å². The van der Waals surface area contributed by atoms with E-state index in [4.69, 9.17) is 11.5 Å². The van der Waals surface area contributed by atoms with Gasteiger partial charge >= 0.3 is 0 Å². The predicted molar refractivity (Wildman–Crippen MR) is 113 cm³/mol. The van der Waals surface area contributed by atoms with Gasteiger partial charge in [0.25, 0.3) is 0 Å². The number of hydrogen-bond donors (Lipinski definition) is 3. The molecule has 0 aliphatic heterocycles. The molecule has 0 bridgehead atoms. The molecule has 0 unspecified atom stereocenters. The quantitative estimate of drug-likeness (QED) is 0.380. The zero-order valence-corrected chi connectivity index (χ0v) is 17.7. The van der Waals surface area contributed by atoms with Gasteiger partial charge in [0.2, 0.25) is 5.96 Å². The third-order valence-corrected chi connectivity index (χ3v) is 8.58. The normalized spacial score (nSPS) is 41.9. The lowest BCUT2D eigenvalue weighted by Gasteiger charge is -2.58. The van der Waals surface area contributed by atoms with Crippen LogP contribution >= 0.6 is 0 Å². The lowest BCUT2D eigenvalue weighted by molar-refractivity contribution is -0.157. The van der Waals surface area contributed by atoms with E-state index in [2.05, 4.69) is 31.0 Å². The molecule has 0 aromatic carbocycles. The Morgan fingerprint density at radius 3 is 2.68 bits per heavy atom. The largest absolute Gasteiger partial charge is 0.393 e. The average molecular weight is 391 g/mol. The first-order valence-corrected chi connectivity index (χ1v) is 11.0. The number of nitrogens with zero attached hydrogens (tertiary/aromatic N) is 2. The van der Waals surface area contributed by atoms with Crippen LogP contribution in [0.25, 0.3) is 0 Å². The number of ketones is 1. The first kappa shape index (κ1) is 21.3. The Kier molecular flexibility index (Phi) is 6.18. The topological polar surface area (TPSA) is 114 Å². The zero-order chi connectivity index (χ0) is 20.5. The summed E-state index contributed by atoms with van der Waals surface area (Å²) in [5, 5.41) is 17.8. The molecular formula is C22H38N4O2. The third kappa shape index (κ3) is 3.72. The zero-order valence-electron chi connectivity index (χ0n) is 17.7. The number of fused-ring (bicyclic) bond motifs is 3. The maximum Gasteiger partial charge on any atom is 0.211 e. The van der Waals surface area contributed by atoms with E-state index in [0.717, 1.165) is 57.8 Å². The fourth-order valence-electron chi connectivity index (χ4n) is 6.79. The molecule has 0 aromatic rings. The number of nitrogens with two attached hydrogens (primary N) is 2. The molecule has 3 saturated carbocycles. The summed E-state index contributed by atoms with van der Waals surface area (Å²) in [4.78, 5) is 13.7. The molecule has 6 heteroatoms. The van der Waals surface area contributed by atoms with Crippen LogP contribution in [0.1, 0.15) is 78.6 Å². The summed E-state index contributed by atoms with van der Waals surface area (Å²) in [5.41, 5.74) is 10.6. The highest BCUT2D eigenvalue weighted by molar-refractivity contribution is 5.88. The Morgan fingerprint density at radius 1 is 1.25 bits per heavy atom. The number of carbonyl (C=O) groups is 1. The first-order valence-electron chi connectivity index (χ1n) is 11.0. The fraction of sp³-hybridized carbons (Fsp3) is 0.864. The number of hydrogen-bond acceptors (Lipinski definition) is 4. The van der Waals surface area contributed by atoms with Crippen molar-refractivity contribution in [1.82, 2.24) is 0 Å². The first-order chi connectivity index (χ1) is 13.2. The van der Waals surface area contributed by atoms with Gasteiger partial charge < -0.3 is 16.6 Å². The smallest absolute Gasteiger partial charge is 0.211 e. The Morgan fingerprint density at radius 2 is 2.00 bits per heavy atom. The van der Waals surface area contributed by atoms with Gasteiger partial charge in [-0.05, 0) is 74.5 Å². The standard InChI is InChI=1S/C22H38N4O2/c1-4-14(9-12-25-26-20(23)24)22(3)11-8-18-17(19(22)28)6-5-15-13-16(27)7-10-21(15,18)2/h12,14-18,27H,4-11,13H2,1-3H3,(H4,23,24,26)/b25-12-/t14-,15-,16+,17-,18+,21+,22-/m1/s1. The summed E-state index contributed by atoms with van der Waals surface area (Å²) in [6.45, 7) is 6.73. The monoisotopic (exact) mass is 390 g/mol. The van der Waals surface area contributed by atoms with Crippen molar-refractivity contribution in [2.75, 3.05) is 0 Å². The van der Waals surface area contributed by atoms with Crippen LogP contribution in [0.15, 0.2) is 10.2 Å². The summed E-state index contributed by atoms with van der Waals surface area (Å²) in [6, 6.07) is 0. The van der Waals surface area contributed by atoms with E-state index < -0.39 is 0 Å². The number of guanidine groups is 1. The highest BCUT2D eigenvalue weighted by atomic mass is 16.3. The second-order valence-corrected chi connectivity index (χ2v) is 9.91. The van der Waals surface area contributed by atoms with Crippen LogP contribution < -0.4 is 11.5 Å². The lowest BCUT2D eigenvalue weighted by Crippen LogP contribution is -2.56. The minimum atomic E-state index is -0.294. The van der Waals surface area contributed by atoms with E-state index in [1.807, 2.05) is 0 Å². The van der Waals surface area contributed by atoms with Crippen LogP contribution in [0.4, 0.5) is 0 Å². The summed E-state index contributed by atoms with van der Waals surface area (Å²) in [6.07, 6.45) is 10.3. The van der Waals surface area contributed by atoms with Gasteiger partial charge in [-0.15, -0.1) is 5.10 Å². The van der Waals surface area contributed by atoms with Crippen LogP contribution in [0.5, 0.6) is 0 Å². The predicted octanol–water partition coefficient (Wildman–Crippen LogP) is 3.22.